The van der Waals surface area contributed by atoms with Crippen LogP contribution in [0.1, 0.15) is 56.4 Å². The molecule has 3 heterocycles. The van der Waals surface area contributed by atoms with Crippen LogP contribution in [0.5, 0.6) is 0 Å². The van der Waals surface area contributed by atoms with Crippen molar-refractivity contribution in [2.24, 2.45) is 0 Å². The first-order valence-electron chi connectivity index (χ1n) is 17.2. The molecule has 0 aliphatic heterocycles. The molecule has 6 aromatic carbocycles. The fourth-order valence-corrected chi connectivity index (χ4v) is 7.70. The largest absolute Gasteiger partial charge is 0.453 e. The average Bonchev–Trinajstić information content (AvgIpc) is 3.70. The zero-order valence-electron chi connectivity index (χ0n) is 28.5. The maximum absolute atomic E-state index is 6.96. The Bertz CT molecular complexity index is 2700. The van der Waals surface area contributed by atoms with Gasteiger partial charge in [0.2, 0.25) is 0 Å². The number of rotatable bonds is 5. The Morgan fingerprint density at radius 3 is 2.06 bits per heavy atom. The summed E-state index contributed by atoms with van der Waals surface area (Å²) in [5, 5.41) is 5.61. The smallest absolute Gasteiger partial charge is 0.161 e. The lowest BCUT2D eigenvalue weighted by Crippen LogP contribution is -2.09. The van der Waals surface area contributed by atoms with Crippen molar-refractivity contribution in [3.05, 3.63) is 138 Å². The SMILES string of the molecule is Cc1nc2c3cccc(-c4nc5ccccc5n4-c4c(C(C)C)cc(-c5ccccc5)cc4C(C)C)c3oc2c2ccc3ccccc3c12. The van der Waals surface area contributed by atoms with Gasteiger partial charge in [0.1, 0.15) is 16.9 Å². The average molecular weight is 636 g/mol. The summed E-state index contributed by atoms with van der Waals surface area (Å²) in [7, 11) is 0. The number of aryl methyl sites for hydroxylation is 1. The number of nitrogens with zero attached hydrogens (tertiary/aromatic N) is 3. The normalized spacial score (nSPS) is 12.1. The van der Waals surface area contributed by atoms with Gasteiger partial charge in [0.25, 0.3) is 0 Å². The highest BCUT2D eigenvalue weighted by atomic mass is 16.3. The van der Waals surface area contributed by atoms with Crippen molar-refractivity contribution in [3.8, 4) is 28.2 Å². The molecule has 9 aromatic rings. The predicted molar refractivity (Wildman–Crippen MR) is 205 cm³/mol. The van der Waals surface area contributed by atoms with Crippen molar-refractivity contribution < 1.29 is 4.42 Å². The van der Waals surface area contributed by atoms with Gasteiger partial charge in [0, 0.05) is 21.9 Å². The highest BCUT2D eigenvalue weighted by Crippen LogP contribution is 2.44. The first-order valence-corrected chi connectivity index (χ1v) is 17.2. The summed E-state index contributed by atoms with van der Waals surface area (Å²) >= 11 is 0. The second-order valence-electron chi connectivity index (χ2n) is 13.8. The van der Waals surface area contributed by atoms with Crippen molar-refractivity contribution in [1.82, 2.24) is 14.5 Å². The highest BCUT2D eigenvalue weighted by Gasteiger charge is 2.26. The van der Waals surface area contributed by atoms with E-state index in [-0.39, 0.29) is 11.8 Å². The summed E-state index contributed by atoms with van der Waals surface area (Å²) in [6.45, 7) is 11.3. The van der Waals surface area contributed by atoms with Crippen LogP contribution in [-0.4, -0.2) is 14.5 Å². The minimum Gasteiger partial charge on any atom is -0.453 e. The maximum atomic E-state index is 6.96. The summed E-state index contributed by atoms with van der Waals surface area (Å²) in [6.07, 6.45) is 0. The third-order valence-electron chi connectivity index (χ3n) is 10.0. The van der Waals surface area contributed by atoms with Crippen LogP contribution in [0.3, 0.4) is 0 Å². The van der Waals surface area contributed by atoms with Crippen molar-refractivity contribution in [2.75, 3.05) is 0 Å². The van der Waals surface area contributed by atoms with Gasteiger partial charge in [-0.1, -0.05) is 107 Å². The van der Waals surface area contributed by atoms with Gasteiger partial charge >= 0.3 is 0 Å². The number of hydrogen-bond donors (Lipinski definition) is 0. The van der Waals surface area contributed by atoms with Gasteiger partial charge in [0.05, 0.1) is 22.3 Å². The van der Waals surface area contributed by atoms with Crippen LogP contribution in [0.2, 0.25) is 0 Å². The first-order chi connectivity index (χ1) is 23.9. The number of hydrogen-bond acceptors (Lipinski definition) is 3. The molecule has 4 heteroatoms. The van der Waals surface area contributed by atoms with Crippen LogP contribution in [0.25, 0.3) is 82.8 Å². The van der Waals surface area contributed by atoms with E-state index in [0.717, 1.165) is 61.0 Å². The van der Waals surface area contributed by atoms with Crippen LogP contribution in [0, 0.1) is 6.92 Å². The Morgan fingerprint density at radius 2 is 1.29 bits per heavy atom. The van der Waals surface area contributed by atoms with Crippen LogP contribution < -0.4 is 0 Å². The topological polar surface area (TPSA) is 43.9 Å². The summed E-state index contributed by atoms with van der Waals surface area (Å²) in [6, 6.07) is 43.2. The molecule has 0 amide bonds. The molecule has 0 saturated carbocycles. The number of benzene rings is 6. The van der Waals surface area contributed by atoms with Crippen molar-refractivity contribution in [3.63, 3.8) is 0 Å². The minimum atomic E-state index is 0.278. The molecule has 0 aliphatic carbocycles. The molecular weight excluding hydrogens is 599 g/mol. The number of pyridine rings is 1. The molecule has 238 valence electrons. The van der Waals surface area contributed by atoms with E-state index in [9.17, 15) is 0 Å². The number of imidazole rings is 1. The lowest BCUT2D eigenvalue weighted by Gasteiger charge is -2.24. The Morgan fingerprint density at radius 1 is 0.592 bits per heavy atom. The summed E-state index contributed by atoms with van der Waals surface area (Å²) in [5.74, 6) is 1.43. The molecule has 0 radical (unpaired) electrons. The van der Waals surface area contributed by atoms with Crippen molar-refractivity contribution in [2.45, 2.75) is 46.5 Å². The monoisotopic (exact) mass is 635 g/mol. The zero-order valence-corrected chi connectivity index (χ0v) is 28.5. The van der Waals surface area contributed by atoms with Gasteiger partial charge in [-0.15, -0.1) is 0 Å². The summed E-state index contributed by atoms with van der Waals surface area (Å²) in [4.78, 5) is 10.6. The third-order valence-corrected chi connectivity index (χ3v) is 10.0. The van der Waals surface area contributed by atoms with Gasteiger partial charge < -0.3 is 4.42 Å². The van der Waals surface area contributed by atoms with E-state index < -0.39 is 0 Å². The molecule has 0 spiro atoms. The molecule has 9 rings (SSSR count). The number of para-hydroxylation sites is 3. The van der Waals surface area contributed by atoms with E-state index in [1.807, 2.05) is 0 Å². The van der Waals surface area contributed by atoms with Gasteiger partial charge in [-0.3, -0.25) is 4.57 Å². The van der Waals surface area contributed by atoms with E-state index in [0.29, 0.717) is 0 Å². The second-order valence-corrected chi connectivity index (χ2v) is 13.8. The number of aromatic nitrogens is 3. The Labute approximate surface area is 285 Å². The van der Waals surface area contributed by atoms with Gasteiger partial charge in [-0.25, -0.2) is 9.97 Å². The lowest BCUT2D eigenvalue weighted by molar-refractivity contribution is 0.672. The molecule has 0 unspecified atom stereocenters. The van der Waals surface area contributed by atoms with Crippen LogP contribution in [0.4, 0.5) is 0 Å². The molecule has 0 aliphatic rings. The molecule has 0 atom stereocenters. The summed E-state index contributed by atoms with van der Waals surface area (Å²) in [5.41, 5.74) is 12.7. The Hall–Kier alpha value is -5.74. The van der Waals surface area contributed by atoms with Crippen molar-refractivity contribution in [1.29, 1.82) is 0 Å². The Kier molecular flexibility index (Phi) is 6.70. The predicted octanol–water partition coefficient (Wildman–Crippen LogP) is 12.5. The van der Waals surface area contributed by atoms with Crippen molar-refractivity contribution >= 4 is 54.6 Å². The van der Waals surface area contributed by atoms with Crippen LogP contribution in [-0.2, 0) is 0 Å². The van der Waals surface area contributed by atoms with Crippen LogP contribution >= 0.6 is 0 Å². The Balaban J connectivity index is 1.37. The molecule has 49 heavy (non-hydrogen) atoms. The third kappa shape index (κ3) is 4.51. The fourth-order valence-electron chi connectivity index (χ4n) is 7.70. The van der Waals surface area contributed by atoms with E-state index in [2.05, 4.69) is 161 Å². The molecule has 0 fully saturated rings. The quantitative estimate of drug-likeness (QED) is 0.177. The first kappa shape index (κ1) is 29.4. The second kappa shape index (κ2) is 11.2. The minimum absolute atomic E-state index is 0.278. The van der Waals surface area contributed by atoms with E-state index in [1.54, 1.807) is 0 Å². The fraction of sp³-hybridized carbons (Fsp3) is 0.156. The number of furan rings is 1. The highest BCUT2D eigenvalue weighted by molar-refractivity contribution is 6.21. The maximum Gasteiger partial charge on any atom is 0.161 e. The lowest BCUT2D eigenvalue weighted by atomic mass is 9.88. The van der Waals surface area contributed by atoms with Gasteiger partial charge in [-0.2, -0.15) is 0 Å². The van der Waals surface area contributed by atoms with E-state index in [4.69, 9.17) is 14.4 Å². The number of fused-ring (bicyclic) bond motifs is 8. The standard InChI is InChI=1S/C45H37N3O/c1-26(2)36-24-31(29-14-7-6-8-15-29)25-37(27(3)4)42(36)48-39-21-12-11-20-38(39)47-45(48)35-19-13-18-34-41-44(49-43(34)35)33-23-22-30-16-9-10-17-32(30)40(33)28(5)46-41/h6-27H,1-5H3. The molecule has 4 nitrogen and oxygen atoms in total. The van der Waals surface area contributed by atoms with Gasteiger partial charge in [-0.05, 0) is 94.3 Å². The summed E-state index contributed by atoms with van der Waals surface area (Å²) < 4.78 is 9.35. The molecule has 0 bridgehead atoms. The van der Waals surface area contributed by atoms with Gasteiger partial charge in [0.15, 0.2) is 5.58 Å². The zero-order chi connectivity index (χ0) is 33.4. The molecular formula is C45H37N3O. The molecule has 3 aromatic heterocycles. The molecule has 0 N–H and O–H groups in total. The molecule has 0 saturated heterocycles. The van der Waals surface area contributed by atoms with Crippen LogP contribution in [0.15, 0.2) is 126 Å². The van der Waals surface area contributed by atoms with E-state index >= 15 is 0 Å². The van der Waals surface area contributed by atoms with E-state index in [1.165, 1.54) is 38.7 Å².